The monoisotopic (exact) mass is 337 g/mol. The minimum absolute atomic E-state index is 0.0643. The highest BCUT2D eigenvalue weighted by Crippen LogP contribution is 2.37. The van der Waals surface area contributed by atoms with Crippen LogP contribution in [0.25, 0.3) is 0 Å². The fraction of sp³-hybridized carbons (Fsp3) is 0.316. The molecule has 0 saturated carbocycles. The Labute approximate surface area is 144 Å². The van der Waals surface area contributed by atoms with Crippen molar-refractivity contribution in [1.29, 1.82) is 0 Å². The van der Waals surface area contributed by atoms with Crippen molar-refractivity contribution in [2.24, 2.45) is 0 Å². The van der Waals surface area contributed by atoms with Crippen LogP contribution in [0.3, 0.4) is 0 Å². The molecule has 2 aliphatic rings. The number of pyridine rings is 1. The zero-order valence-corrected chi connectivity index (χ0v) is 14.2. The zero-order valence-electron chi connectivity index (χ0n) is 14.2. The van der Waals surface area contributed by atoms with Crippen molar-refractivity contribution in [2.75, 3.05) is 11.9 Å². The number of carbonyl (C=O) groups is 2. The fourth-order valence-electron chi connectivity index (χ4n) is 3.57. The molecule has 2 aromatic rings. The maximum absolute atomic E-state index is 12.9. The van der Waals surface area contributed by atoms with Crippen LogP contribution in [0, 0.1) is 0 Å². The van der Waals surface area contributed by atoms with Gasteiger partial charge in [-0.25, -0.2) is 0 Å². The van der Waals surface area contributed by atoms with Gasteiger partial charge in [0.15, 0.2) is 0 Å². The summed E-state index contributed by atoms with van der Waals surface area (Å²) in [6.07, 6.45) is 2.31. The summed E-state index contributed by atoms with van der Waals surface area (Å²) in [4.78, 5) is 41.3. The second-order valence-corrected chi connectivity index (χ2v) is 7.13. The molecule has 2 amide bonds. The number of aromatic amines is 1. The van der Waals surface area contributed by atoms with Gasteiger partial charge in [0.2, 0.25) is 5.91 Å². The van der Waals surface area contributed by atoms with E-state index in [2.05, 4.69) is 10.3 Å². The molecule has 6 nitrogen and oxygen atoms in total. The van der Waals surface area contributed by atoms with Crippen molar-refractivity contribution in [3.8, 4) is 0 Å². The highest BCUT2D eigenvalue weighted by molar-refractivity contribution is 6.07. The molecule has 0 bridgehead atoms. The number of benzene rings is 1. The molecule has 0 spiro atoms. The van der Waals surface area contributed by atoms with Crippen LogP contribution < -0.4 is 10.9 Å². The van der Waals surface area contributed by atoms with Gasteiger partial charge in [0.05, 0.1) is 12.0 Å². The van der Waals surface area contributed by atoms with Gasteiger partial charge in [-0.2, -0.15) is 0 Å². The molecule has 0 atom stereocenters. The lowest BCUT2D eigenvalue weighted by molar-refractivity contribution is -0.119. The van der Waals surface area contributed by atoms with E-state index in [1.165, 1.54) is 0 Å². The summed E-state index contributed by atoms with van der Waals surface area (Å²) in [5.74, 6) is -0.193. The first-order chi connectivity index (χ1) is 11.9. The number of aromatic nitrogens is 1. The van der Waals surface area contributed by atoms with Crippen LogP contribution >= 0.6 is 0 Å². The number of hydrogen-bond donors (Lipinski definition) is 2. The molecule has 0 saturated heterocycles. The summed E-state index contributed by atoms with van der Waals surface area (Å²) in [7, 11) is 0. The number of rotatable bonds is 1. The van der Waals surface area contributed by atoms with E-state index in [-0.39, 0.29) is 17.4 Å². The van der Waals surface area contributed by atoms with Crippen molar-refractivity contribution in [1.82, 2.24) is 9.88 Å². The Hall–Kier alpha value is -2.89. The Bertz CT molecular complexity index is 959. The van der Waals surface area contributed by atoms with E-state index in [4.69, 9.17) is 0 Å². The van der Waals surface area contributed by atoms with Crippen molar-refractivity contribution < 1.29 is 9.59 Å². The lowest BCUT2D eigenvalue weighted by atomic mass is 9.86. The van der Waals surface area contributed by atoms with Gasteiger partial charge in [-0.1, -0.05) is 6.07 Å². The van der Waals surface area contributed by atoms with Crippen molar-refractivity contribution in [3.63, 3.8) is 0 Å². The van der Waals surface area contributed by atoms with Crippen molar-refractivity contribution >= 4 is 17.5 Å². The molecule has 2 N–H and O–H groups in total. The lowest BCUT2D eigenvalue weighted by Crippen LogP contribution is -2.38. The number of nitrogens with zero attached hydrogens (tertiary/aromatic N) is 1. The van der Waals surface area contributed by atoms with Gasteiger partial charge in [0, 0.05) is 29.6 Å². The molecule has 0 aliphatic carbocycles. The van der Waals surface area contributed by atoms with Crippen molar-refractivity contribution in [2.45, 2.75) is 32.2 Å². The van der Waals surface area contributed by atoms with Crippen molar-refractivity contribution in [3.05, 3.63) is 63.1 Å². The van der Waals surface area contributed by atoms with Crippen LogP contribution in [0.5, 0.6) is 0 Å². The van der Waals surface area contributed by atoms with E-state index in [9.17, 15) is 14.4 Å². The van der Waals surface area contributed by atoms with Crippen LogP contribution in [0.15, 0.2) is 35.3 Å². The molecular weight excluding hydrogens is 318 g/mol. The molecular formula is C19H19N3O3. The maximum atomic E-state index is 12.9. The molecule has 3 heterocycles. The Morgan fingerprint density at radius 1 is 1.20 bits per heavy atom. The SMILES string of the molecule is CC1(C)C(=O)Nc2cc(C(=O)N3CCc4cc[nH]c(=O)c4C3)ccc21. The second kappa shape index (κ2) is 5.31. The summed E-state index contributed by atoms with van der Waals surface area (Å²) in [5, 5.41) is 2.85. The molecule has 1 aromatic heterocycles. The van der Waals surface area contributed by atoms with Crippen LogP contribution in [0.2, 0.25) is 0 Å². The first-order valence-corrected chi connectivity index (χ1v) is 8.32. The Kier molecular flexibility index (Phi) is 3.32. The molecule has 25 heavy (non-hydrogen) atoms. The Morgan fingerprint density at radius 3 is 2.80 bits per heavy atom. The highest BCUT2D eigenvalue weighted by atomic mass is 16.2. The van der Waals surface area contributed by atoms with Crippen LogP contribution in [0.1, 0.15) is 40.9 Å². The lowest BCUT2D eigenvalue weighted by Gasteiger charge is -2.28. The molecule has 4 rings (SSSR count). The van der Waals surface area contributed by atoms with Gasteiger partial charge >= 0.3 is 0 Å². The van der Waals surface area contributed by atoms with E-state index in [0.717, 1.165) is 11.1 Å². The maximum Gasteiger partial charge on any atom is 0.254 e. The summed E-state index contributed by atoms with van der Waals surface area (Å²) in [5.41, 5.74) is 3.03. The Balaban J connectivity index is 1.63. The number of carbonyl (C=O) groups excluding carboxylic acids is 2. The molecule has 6 heteroatoms. The normalized spacial score (nSPS) is 17.7. The zero-order chi connectivity index (χ0) is 17.8. The van der Waals surface area contributed by atoms with Gasteiger partial charge in [-0.3, -0.25) is 14.4 Å². The standard InChI is InChI=1S/C19H19N3O3/c1-19(2)14-4-3-12(9-15(14)21-18(19)25)17(24)22-8-6-11-5-7-20-16(23)13(11)10-22/h3-5,7,9H,6,8,10H2,1-2H3,(H,20,23)(H,21,25). The van der Waals surface area contributed by atoms with Crippen LogP contribution in [-0.2, 0) is 23.2 Å². The van der Waals surface area contributed by atoms with Gasteiger partial charge in [-0.15, -0.1) is 0 Å². The number of nitrogens with one attached hydrogen (secondary N) is 2. The van der Waals surface area contributed by atoms with E-state index >= 15 is 0 Å². The number of anilines is 1. The first-order valence-electron chi connectivity index (χ1n) is 8.32. The predicted molar refractivity (Wildman–Crippen MR) is 93.6 cm³/mol. The van der Waals surface area contributed by atoms with E-state index in [1.54, 1.807) is 23.2 Å². The summed E-state index contributed by atoms with van der Waals surface area (Å²) >= 11 is 0. The minimum atomic E-state index is -0.589. The molecule has 128 valence electrons. The third kappa shape index (κ3) is 2.36. The highest BCUT2D eigenvalue weighted by Gasteiger charge is 2.38. The number of hydrogen-bond acceptors (Lipinski definition) is 3. The van der Waals surface area contributed by atoms with Gasteiger partial charge < -0.3 is 15.2 Å². The minimum Gasteiger partial charge on any atom is -0.334 e. The average molecular weight is 337 g/mol. The van der Waals surface area contributed by atoms with E-state index in [0.29, 0.717) is 36.3 Å². The fourth-order valence-corrected chi connectivity index (χ4v) is 3.57. The molecule has 0 radical (unpaired) electrons. The number of fused-ring (bicyclic) bond motifs is 2. The summed E-state index contributed by atoms with van der Waals surface area (Å²) < 4.78 is 0. The van der Waals surface area contributed by atoms with Crippen LogP contribution in [-0.4, -0.2) is 28.2 Å². The van der Waals surface area contributed by atoms with Gasteiger partial charge in [0.1, 0.15) is 0 Å². The Morgan fingerprint density at radius 2 is 2.00 bits per heavy atom. The smallest absolute Gasteiger partial charge is 0.254 e. The second-order valence-electron chi connectivity index (χ2n) is 7.13. The largest absolute Gasteiger partial charge is 0.334 e. The number of H-pyrrole nitrogens is 1. The third-order valence-electron chi connectivity index (χ3n) is 5.20. The van der Waals surface area contributed by atoms with Crippen LogP contribution in [0.4, 0.5) is 5.69 Å². The topological polar surface area (TPSA) is 82.3 Å². The molecule has 1 aromatic carbocycles. The first kappa shape index (κ1) is 15.6. The number of amides is 2. The summed E-state index contributed by atoms with van der Waals surface area (Å²) in [6.45, 7) is 4.61. The van der Waals surface area contributed by atoms with E-state index in [1.807, 2.05) is 26.0 Å². The molecule has 0 fully saturated rings. The van der Waals surface area contributed by atoms with Gasteiger partial charge in [-0.05, 0) is 49.6 Å². The van der Waals surface area contributed by atoms with E-state index < -0.39 is 5.41 Å². The predicted octanol–water partition coefficient (Wildman–Crippen LogP) is 1.80. The summed E-state index contributed by atoms with van der Waals surface area (Å²) in [6, 6.07) is 7.22. The third-order valence-corrected chi connectivity index (χ3v) is 5.20. The molecule has 2 aliphatic heterocycles. The average Bonchev–Trinajstić information content (AvgIpc) is 2.83. The van der Waals surface area contributed by atoms with Gasteiger partial charge in [0.25, 0.3) is 11.5 Å². The molecule has 0 unspecified atom stereocenters. The quantitative estimate of drug-likeness (QED) is 0.832.